The van der Waals surface area contributed by atoms with Gasteiger partial charge in [0.25, 0.3) is 0 Å². The molecule has 0 fully saturated rings. The number of ether oxygens (including phenoxy) is 1. The summed E-state index contributed by atoms with van der Waals surface area (Å²) in [6.07, 6.45) is 3.72. The highest BCUT2D eigenvalue weighted by Gasteiger charge is 2.24. The van der Waals surface area contributed by atoms with Crippen LogP contribution >= 0.6 is 0 Å². The molecular weight excluding hydrogens is 240 g/mol. The van der Waals surface area contributed by atoms with Gasteiger partial charge >= 0.3 is 5.69 Å². The monoisotopic (exact) mass is 258 g/mol. The van der Waals surface area contributed by atoms with Crippen molar-refractivity contribution in [2.24, 2.45) is 0 Å². The summed E-state index contributed by atoms with van der Waals surface area (Å²) < 4.78 is 9.18. The number of rotatable bonds is 3. The molecule has 3 rings (SSSR count). The molecule has 0 saturated heterocycles. The average molecular weight is 258 g/mol. The van der Waals surface area contributed by atoms with Crippen molar-refractivity contribution in [3.63, 3.8) is 0 Å². The molecule has 1 aromatic carbocycles. The zero-order valence-corrected chi connectivity index (χ0v) is 11.2. The van der Waals surface area contributed by atoms with Crippen LogP contribution in [-0.2, 0) is 6.54 Å². The van der Waals surface area contributed by atoms with Gasteiger partial charge < -0.3 is 4.74 Å². The van der Waals surface area contributed by atoms with Crippen molar-refractivity contribution in [3.8, 4) is 5.75 Å². The largest absolute Gasteiger partial charge is 0.493 e. The summed E-state index contributed by atoms with van der Waals surface area (Å²) in [5, 5.41) is 0. The molecule has 1 aliphatic heterocycles. The summed E-state index contributed by atoms with van der Waals surface area (Å²) >= 11 is 0. The normalized spacial score (nSPS) is 17.5. The number of benzene rings is 1. The predicted molar refractivity (Wildman–Crippen MR) is 73.8 cm³/mol. The molecule has 0 bridgehead atoms. The molecule has 1 unspecified atom stereocenters. The first-order valence-corrected chi connectivity index (χ1v) is 6.66. The van der Waals surface area contributed by atoms with E-state index in [4.69, 9.17) is 4.74 Å². The third-order valence-corrected chi connectivity index (χ3v) is 3.65. The Morgan fingerprint density at radius 3 is 2.84 bits per heavy atom. The van der Waals surface area contributed by atoms with Gasteiger partial charge in [0.2, 0.25) is 0 Å². The molecule has 2 heterocycles. The fraction of sp³-hybridized carbons (Fsp3) is 0.400. The van der Waals surface area contributed by atoms with Crippen molar-refractivity contribution < 1.29 is 4.74 Å². The fourth-order valence-corrected chi connectivity index (χ4v) is 2.58. The average Bonchev–Trinajstić information content (AvgIpc) is 2.96. The Labute approximate surface area is 112 Å². The minimum Gasteiger partial charge on any atom is -0.493 e. The van der Waals surface area contributed by atoms with Crippen LogP contribution in [0.15, 0.2) is 41.5 Å². The Hall–Kier alpha value is -1.97. The molecule has 2 aromatic rings. The highest BCUT2D eigenvalue weighted by atomic mass is 16.5. The van der Waals surface area contributed by atoms with Crippen LogP contribution in [0.25, 0.3) is 0 Å². The van der Waals surface area contributed by atoms with Crippen LogP contribution in [-0.4, -0.2) is 15.7 Å². The molecule has 0 radical (unpaired) electrons. The maximum Gasteiger partial charge on any atom is 0.328 e. The SMILES string of the molecule is CC(C)n1ccn(CC2COc3ccccc32)c1=O. The summed E-state index contributed by atoms with van der Waals surface area (Å²) in [5.74, 6) is 1.21. The lowest BCUT2D eigenvalue weighted by Crippen LogP contribution is -2.27. The number of para-hydroxylation sites is 1. The molecule has 0 amide bonds. The Kier molecular flexibility index (Phi) is 2.93. The summed E-state index contributed by atoms with van der Waals surface area (Å²) in [7, 11) is 0. The summed E-state index contributed by atoms with van der Waals surface area (Å²) in [4.78, 5) is 12.2. The van der Waals surface area contributed by atoms with E-state index in [-0.39, 0.29) is 17.6 Å². The highest BCUT2D eigenvalue weighted by molar-refractivity contribution is 5.39. The minimum atomic E-state index is 0.0550. The summed E-state index contributed by atoms with van der Waals surface area (Å²) in [6.45, 7) is 5.35. The first kappa shape index (κ1) is 12.1. The second kappa shape index (κ2) is 4.61. The molecule has 4 heteroatoms. The van der Waals surface area contributed by atoms with E-state index in [1.807, 2.05) is 44.4 Å². The van der Waals surface area contributed by atoms with Crippen molar-refractivity contribution >= 4 is 0 Å². The predicted octanol–water partition coefficient (Wildman–Crippen LogP) is 2.41. The molecule has 1 aliphatic rings. The van der Waals surface area contributed by atoms with E-state index < -0.39 is 0 Å². The first-order valence-electron chi connectivity index (χ1n) is 6.66. The topological polar surface area (TPSA) is 36.2 Å². The van der Waals surface area contributed by atoms with Crippen LogP contribution in [0.3, 0.4) is 0 Å². The van der Waals surface area contributed by atoms with E-state index >= 15 is 0 Å². The Morgan fingerprint density at radius 2 is 2.11 bits per heavy atom. The summed E-state index contributed by atoms with van der Waals surface area (Å²) in [5.41, 5.74) is 1.26. The van der Waals surface area contributed by atoms with E-state index in [9.17, 15) is 4.79 Å². The van der Waals surface area contributed by atoms with Crippen LogP contribution in [0.1, 0.15) is 31.4 Å². The van der Waals surface area contributed by atoms with Crippen LogP contribution in [0.4, 0.5) is 0 Å². The molecule has 0 N–H and O–H groups in total. The standard InChI is InChI=1S/C15H18N2O2/c1-11(2)17-8-7-16(15(17)18)9-12-10-19-14-6-4-3-5-13(12)14/h3-8,11-12H,9-10H2,1-2H3. The zero-order chi connectivity index (χ0) is 13.4. The fourth-order valence-electron chi connectivity index (χ4n) is 2.58. The molecule has 1 atom stereocenters. The zero-order valence-electron chi connectivity index (χ0n) is 11.2. The molecular formula is C15H18N2O2. The van der Waals surface area contributed by atoms with Crippen LogP contribution < -0.4 is 10.4 Å². The van der Waals surface area contributed by atoms with Crippen molar-refractivity contribution in [1.29, 1.82) is 0 Å². The Morgan fingerprint density at radius 1 is 1.32 bits per heavy atom. The van der Waals surface area contributed by atoms with Crippen molar-refractivity contribution in [1.82, 2.24) is 9.13 Å². The van der Waals surface area contributed by atoms with Gasteiger partial charge in [-0.3, -0.25) is 9.13 Å². The van der Waals surface area contributed by atoms with E-state index in [1.165, 1.54) is 5.56 Å². The van der Waals surface area contributed by atoms with Gasteiger partial charge in [0.1, 0.15) is 5.75 Å². The van der Waals surface area contributed by atoms with Crippen LogP contribution in [0.2, 0.25) is 0 Å². The lowest BCUT2D eigenvalue weighted by Gasteiger charge is -2.09. The number of fused-ring (bicyclic) bond motifs is 1. The van der Waals surface area contributed by atoms with Gasteiger partial charge in [0.05, 0.1) is 6.61 Å². The Balaban J connectivity index is 1.86. The second-order valence-electron chi connectivity index (χ2n) is 5.28. The van der Waals surface area contributed by atoms with Gasteiger partial charge in [0.15, 0.2) is 0 Å². The molecule has 0 aliphatic carbocycles. The lowest BCUT2D eigenvalue weighted by molar-refractivity contribution is 0.317. The van der Waals surface area contributed by atoms with Gasteiger partial charge in [-0.25, -0.2) is 4.79 Å². The van der Waals surface area contributed by atoms with Crippen molar-refractivity contribution in [2.45, 2.75) is 32.4 Å². The number of nitrogens with zero attached hydrogens (tertiary/aromatic N) is 2. The van der Waals surface area contributed by atoms with Gasteiger partial charge in [-0.05, 0) is 19.9 Å². The van der Waals surface area contributed by atoms with Gasteiger partial charge in [-0.2, -0.15) is 0 Å². The second-order valence-corrected chi connectivity index (χ2v) is 5.28. The molecule has 1 aromatic heterocycles. The first-order chi connectivity index (χ1) is 9.16. The third-order valence-electron chi connectivity index (χ3n) is 3.65. The maximum atomic E-state index is 12.2. The van der Waals surface area contributed by atoms with E-state index in [2.05, 4.69) is 6.07 Å². The number of imidazole rings is 1. The molecule has 0 spiro atoms. The van der Waals surface area contributed by atoms with E-state index in [0.717, 1.165) is 5.75 Å². The van der Waals surface area contributed by atoms with E-state index in [1.54, 1.807) is 9.13 Å². The van der Waals surface area contributed by atoms with Crippen molar-refractivity contribution in [3.05, 3.63) is 52.7 Å². The number of hydrogen-bond acceptors (Lipinski definition) is 2. The van der Waals surface area contributed by atoms with Gasteiger partial charge in [-0.15, -0.1) is 0 Å². The smallest absolute Gasteiger partial charge is 0.328 e. The quantitative estimate of drug-likeness (QED) is 0.847. The maximum absolute atomic E-state index is 12.2. The van der Waals surface area contributed by atoms with Crippen LogP contribution in [0.5, 0.6) is 5.75 Å². The molecule has 19 heavy (non-hydrogen) atoms. The minimum absolute atomic E-state index is 0.0550. The van der Waals surface area contributed by atoms with Crippen LogP contribution in [0, 0.1) is 0 Å². The number of hydrogen-bond donors (Lipinski definition) is 0. The van der Waals surface area contributed by atoms with Crippen molar-refractivity contribution in [2.75, 3.05) is 6.61 Å². The van der Waals surface area contributed by atoms with Gasteiger partial charge in [0, 0.05) is 36.5 Å². The van der Waals surface area contributed by atoms with E-state index in [0.29, 0.717) is 13.2 Å². The third kappa shape index (κ3) is 2.07. The lowest BCUT2D eigenvalue weighted by atomic mass is 10.0. The highest BCUT2D eigenvalue weighted by Crippen LogP contribution is 2.34. The number of aromatic nitrogens is 2. The summed E-state index contributed by atoms with van der Waals surface area (Å²) in [6, 6.07) is 8.25. The molecule has 100 valence electrons. The molecule has 0 saturated carbocycles. The van der Waals surface area contributed by atoms with Gasteiger partial charge in [-0.1, -0.05) is 18.2 Å². The Bertz CT molecular complexity index is 640. The molecule has 4 nitrogen and oxygen atoms in total.